The second-order valence-electron chi connectivity index (χ2n) is 7.43. The van der Waals surface area contributed by atoms with Crippen LogP contribution in [0.15, 0.2) is 48.5 Å². The highest BCUT2D eigenvalue weighted by atomic mass is 32.2. The molecule has 5 nitrogen and oxygen atoms in total. The van der Waals surface area contributed by atoms with Gasteiger partial charge in [-0.15, -0.1) is 0 Å². The summed E-state index contributed by atoms with van der Waals surface area (Å²) < 4.78 is 31.1. The van der Waals surface area contributed by atoms with Crippen LogP contribution in [-0.2, 0) is 20.4 Å². The van der Waals surface area contributed by atoms with Crippen LogP contribution in [0.2, 0.25) is 0 Å². The van der Waals surface area contributed by atoms with Crippen molar-refractivity contribution in [2.75, 3.05) is 19.7 Å². The van der Waals surface area contributed by atoms with Gasteiger partial charge in [0.2, 0.25) is 0 Å². The van der Waals surface area contributed by atoms with Crippen molar-refractivity contribution in [3.63, 3.8) is 0 Å². The average Bonchev–Trinajstić information content (AvgIpc) is 2.69. The summed E-state index contributed by atoms with van der Waals surface area (Å²) in [5.74, 6) is 0.677. The minimum atomic E-state index is -3.22. The SMILES string of the molecule is Cc1ccc(C)c(OCC(=O)N2CCC(S(=O)(=O)Cc3ccccc3)CC2)c1. The minimum absolute atomic E-state index is 0.0221. The lowest BCUT2D eigenvalue weighted by Crippen LogP contribution is -2.44. The maximum absolute atomic E-state index is 12.7. The van der Waals surface area contributed by atoms with Gasteiger partial charge in [-0.2, -0.15) is 0 Å². The lowest BCUT2D eigenvalue weighted by atomic mass is 10.1. The Hall–Kier alpha value is -2.34. The molecule has 6 heteroatoms. The number of hydrogen-bond acceptors (Lipinski definition) is 4. The molecule has 2 aromatic carbocycles. The van der Waals surface area contributed by atoms with Crippen molar-refractivity contribution >= 4 is 15.7 Å². The molecule has 0 unspecified atom stereocenters. The molecule has 1 fully saturated rings. The van der Waals surface area contributed by atoms with Gasteiger partial charge in [0.15, 0.2) is 16.4 Å². The van der Waals surface area contributed by atoms with E-state index in [1.165, 1.54) is 0 Å². The van der Waals surface area contributed by atoms with Crippen molar-refractivity contribution in [1.29, 1.82) is 0 Å². The fourth-order valence-corrected chi connectivity index (χ4v) is 5.30. The van der Waals surface area contributed by atoms with Crippen molar-refractivity contribution in [3.8, 4) is 5.75 Å². The third-order valence-corrected chi connectivity index (χ3v) is 7.43. The first-order chi connectivity index (χ1) is 13.3. The highest BCUT2D eigenvalue weighted by molar-refractivity contribution is 7.91. The van der Waals surface area contributed by atoms with Gasteiger partial charge in [0.1, 0.15) is 5.75 Å². The molecule has 1 aliphatic heterocycles. The Bertz CT molecular complexity index is 917. The van der Waals surface area contributed by atoms with Gasteiger partial charge in [0, 0.05) is 13.1 Å². The summed E-state index contributed by atoms with van der Waals surface area (Å²) in [5, 5.41) is -0.392. The molecule has 1 heterocycles. The first kappa shape index (κ1) is 20.4. The zero-order valence-electron chi connectivity index (χ0n) is 16.4. The van der Waals surface area contributed by atoms with E-state index in [0.29, 0.717) is 31.7 Å². The van der Waals surface area contributed by atoms with Gasteiger partial charge in [0.05, 0.1) is 11.0 Å². The van der Waals surface area contributed by atoms with E-state index in [2.05, 4.69) is 0 Å². The van der Waals surface area contributed by atoms with Crippen molar-refractivity contribution in [2.45, 2.75) is 37.7 Å². The molecule has 28 heavy (non-hydrogen) atoms. The summed E-state index contributed by atoms with van der Waals surface area (Å²) >= 11 is 0. The number of aryl methyl sites for hydroxylation is 2. The van der Waals surface area contributed by atoms with Crippen molar-refractivity contribution in [1.82, 2.24) is 4.90 Å². The summed E-state index contributed by atoms with van der Waals surface area (Å²) in [5.41, 5.74) is 2.88. The third kappa shape index (κ3) is 5.13. The second-order valence-corrected chi connectivity index (χ2v) is 9.71. The molecule has 0 atom stereocenters. The van der Waals surface area contributed by atoms with E-state index in [9.17, 15) is 13.2 Å². The zero-order valence-corrected chi connectivity index (χ0v) is 17.2. The number of carbonyl (C=O) groups is 1. The number of nitrogens with zero attached hydrogens (tertiary/aromatic N) is 1. The quantitative estimate of drug-likeness (QED) is 0.745. The van der Waals surface area contributed by atoms with E-state index in [1.807, 2.05) is 62.4 Å². The van der Waals surface area contributed by atoms with Gasteiger partial charge in [-0.25, -0.2) is 8.42 Å². The normalized spacial score (nSPS) is 15.4. The van der Waals surface area contributed by atoms with Gasteiger partial charge in [-0.05, 0) is 49.4 Å². The molecule has 0 saturated carbocycles. The molecule has 0 spiro atoms. The van der Waals surface area contributed by atoms with Crippen LogP contribution in [0.1, 0.15) is 29.5 Å². The van der Waals surface area contributed by atoms with Gasteiger partial charge < -0.3 is 9.64 Å². The molecule has 0 aromatic heterocycles. The highest BCUT2D eigenvalue weighted by Crippen LogP contribution is 2.23. The Morgan fingerprint density at radius 1 is 1.07 bits per heavy atom. The van der Waals surface area contributed by atoms with E-state index in [0.717, 1.165) is 16.7 Å². The molecule has 2 aromatic rings. The lowest BCUT2D eigenvalue weighted by Gasteiger charge is -2.31. The molecule has 0 aliphatic carbocycles. The molecule has 1 amide bonds. The van der Waals surface area contributed by atoms with E-state index in [-0.39, 0.29) is 18.3 Å². The number of sulfone groups is 1. The summed E-state index contributed by atoms with van der Waals surface area (Å²) in [6, 6.07) is 15.1. The van der Waals surface area contributed by atoms with E-state index in [1.54, 1.807) is 4.90 Å². The number of ether oxygens (including phenoxy) is 1. The fourth-order valence-electron chi connectivity index (χ4n) is 3.48. The molecule has 150 valence electrons. The molecule has 1 aliphatic rings. The number of amides is 1. The molecule has 3 rings (SSSR count). The maximum atomic E-state index is 12.7. The predicted molar refractivity (Wildman–Crippen MR) is 110 cm³/mol. The Balaban J connectivity index is 1.51. The first-order valence-corrected chi connectivity index (χ1v) is 11.3. The van der Waals surface area contributed by atoms with Crippen LogP contribution in [0.3, 0.4) is 0 Å². The van der Waals surface area contributed by atoms with Crippen molar-refractivity contribution in [3.05, 3.63) is 65.2 Å². The maximum Gasteiger partial charge on any atom is 0.260 e. The average molecular weight is 402 g/mol. The Morgan fingerprint density at radius 2 is 1.75 bits per heavy atom. The van der Waals surface area contributed by atoms with E-state index >= 15 is 0 Å². The number of piperidine rings is 1. The zero-order chi connectivity index (χ0) is 20.1. The summed E-state index contributed by atoms with van der Waals surface area (Å²) in [6.07, 6.45) is 0.953. The van der Waals surface area contributed by atoms with Crippen LogP contribution in [0.4, 0.5) is 0 Å². The van der Waals surface area contributed by atoms with Crippen LogP contribution < -0.4 is 4.74 Å². The molecule has 0 bridgehead atoms. The topological polar surface area (TPSA) is 63.7 Å². The van der Waals surface area contributed by atoms with Gasteiger partial charge >= 0.3 is 0 Å². The summed E-state index contributed by atoms with van der Waals surface area (Å²) in [7, 11) is -3.22. The lowest BCUT2D eigenvalue weighted by molar-refractivity contribution is -0.134. The van der Waals surface area contributed by atoms with E-state index in [4.69, 9.17) is 4.74 Å². The number of likely N-dealkylation sites (tertiary alicyclic amines) is 1. The number of hydrogen-bond donors (Lipinski definition) is 0. The fraction of sp³-hybridized carbons (Fsp3) is 0.409. The smallest absolute Gasteiger partial charge is 0.260 e. The first-order valence-electron chi connectivity index (χ1n) is 9.58. The van der Waals surface area contributed by atoms with Gasteiger partial charge in [-0.3, -0.25) is 4.79 Å². The van der Waals surface area contributed by atoms with Gasteiger partial charge in [0.25, 0.3) is 5.91 Å². The predicted octanol–water partition coefficient (Wildman–Crippen LogP) is 3.29. The number of rotatable bonds is 6. The second kappa shape index (κ2) is 8.78. The molecule has 0 radical (unpaired) electrons. The van der Waals surface area contributed by atoms with Gasteiger partial charge in [-0.1, -0.05) is 42.5 Å². The Labute approximate surface area is 167 Å². The Kier molecular flexibility index (Phi) is 6.39. The standard InChI is InChI=1S/C22H27NO4S/c1-17-8-9-18(2)21(14-17)27-15-22(24)23-12-10-20(11-13-23)28(25,26)16-19-6-4-3-5-7-19/h3-9,14,20H,10-13,15-16H2,1-2H3. The largest absolute Gasteiger partial charge is 0.483 e. The Morgan fingerprint density at radius 3 is 2.43 bits per heavy atom. The van der Waals surface area contributed by atoms with Crippen LogP contribution in [0.25, 0.3) is 0 Å². The molecular weight excluding hydrogens is 374 g/mol. The van der Waals surface area contributed by atoms with Crippen molar-refractivity contribution in [2.24, 2.45) is 0 Å². The molecule has 1 saturated heterocycles. The monoisotopic (exact) mass is 401 g/mol. The van der Waals surface area contributed by atoms with Crippen LogP contribution in [0, 0.1) is 13.8 Å². The van der Waals surface area contributed by atoms with E-state index < -0.39 is 15.1 Å². The number of carbonyl (C=O) groups excluding carboxylic acids is 1. The summed E-state index contributed by atoms with van der Waals surface area (Å²) in [6.45, 7) is 4.81. The minimum Gasteiger partial charge on any atom is -0.483 e. The molecule has 0 N–H and O–H groups in total. The summed E-state index contributed by atoms with van der Waals surface area (Å²) in [4.78, 5) is 14.2. The third-order valence-electron chi connectivity index (χ3n) is 5.21. The van der Waals surface area contributed by atoms with Crippen molar-refractivity contribution < 1.29 is 17.9 Å². The highest BCUT2D eigenvalue weighted by Gasteiger charge is 2.31. The van der Waals surface area contributed by atoms with Crippen LogP contribution in [0.5, 0.6) is 5.75 Å². The molecular formula is C22H27NO4S. The van der Waals surface area contributed by atoms with Crippen LogP contribution in [-0.4, -0.2) is 44.2 Å². The van der Waals surface area contributed by atoms with Crippen LogP contribution >= 0.6 is 0 Å². The number of benzene rings is 2.